The molecule has 0 unspecified atom stereocenters. The number of halogens is 1. The van der Waals surface area contributed by atoms with Crippen LogP contribution in [0.5, 0.6) is 0 Å². The number of benzene rings is 1. The molecule has 2 aromatic heterocycles. The van der Waals surface area contributed by atoms with Gasteiger partial charge in [-0.15, -0.1) is 0 Å². The molecule has 3 heterocycles. The maximum absolute atomic E-state index is 13.8. The fourth-order valence-corrected chi connectivity index (χ4v) is 2.65. The molecule has 3 aromatic rings. The second-order valence-electron chi connectivity index (χ2n) is 5.40. The first-order valence-electron chi connectivity index (χ1n) is 7.67. The van der Waals surface area contributed by atoms with E-state index >= 15 is 0 Å². The Morgan fingerprint density at radius 3 is 2.38 bits per heavy atom. The predicted octanol–water partition coefficient (Wildman–Crippen LogP) is 1.99. The molecule has 1 saturated heterocycles. The van der Waals surface area contributed by atoms with E-state index in [2.05, 4.69) is 25.0 Å². The molecular formula is C16H15FN6O. The molecule has 1 aliphatic heterocycles. The molecule has 1 fully saturated rings. The molecule has 0 saturated carbocycles. The summed E-state index contributed by atoms with van der Waals surface area (Å²) in [4.78, 5) is 16.9. The summed E-state index contributed by atoms with van der Waals surface area (Å²) in [5.74, 6) is 0.613. The Kier molecular flexibility index (Phi) is 3.78. The van der Waals surface area contributed by atoms with E-state index < -0.39 is 0 Å². The molecule has 122 valence electrons. The molecule has 0 spiro atoms. The molecule has 8 heteroatoms. The number of rotatable bonds is 3. The van der Waals surface area contributed by atoms with Crippen LogP contribution in [0.4, 0.5) is 16.4 Å². The largest absolute Gasteiger partial charge is 0.337 e. The van der Waals surface area contributed by atoms with Gasteiger partial charge in [-0.2, -0.15) is 4.98 Å². The first-order chi connectivity index (χ1) is 11.8. The number of anilines is 2. The number of piperazine rings is 1. The van der Waals surface area contributed by atoms with E-state index in [4.69, 9.17) is 4.52 Å². The third-order valence-electron chi connectivity index (χ3n) is 3.92. The highest BCUT2D eigenvalue weighted by Crippen LogP contribution is 2.23. The van der Waals surface area contributed by atoms with E-state index in [-0.39, 0.29) is 11.6 Å². The molecule has 7 nitrogen and oxygen atoms in total. The lowest BCUT2D eigenvalue weighted by Crippen LogP contribution is -2.47. The summed E-state index contributed by atoms with van der Waals surface area (Å²) >= 11 is 0. The van der Waals surface area contributed by atoms with Crippen LogP contribution in [-0.2, 0) is 0 Å². The lowest BCUT2D eigenvalue weighted by Gasteiger charge is -2.33. The number of nitrogens with zero attached hydrogens (tertiary/aromatic N) is 6. The molecule has 1 aromatic carbocycles. The van der Waals surface area contributed by atoms with E-state index in [0.717, 1.165) is 19.0 Å². The molecule has 0 N–H and O–H groups in total. The average molecular weight is 326 g/mol. The summed E-state index contributed by atoms with van der Waals surface area (Å²) in [6.07, 6.45) is 3.46. The Balaban J connectivity index is 1.46. The van der Waals surface area contributed by atoms with Gasteiger partial charge < -0.3 is 14.3 Å². The Bertz CT molecular complexity index is 816. The Morgan fingerprint density at radius 2 is 1.62 bits per heavy atom. The van der Waals surface area contributed by atoms with E-state index in [1.807, 2.05) is 4.90 Å². The lowest BCUT2D eigenvalue weighted by molar-refractivity contribution is 0.409. The van der Waals surface area contributed by atoms with Crippen LogP contribution >= 0.6 is 0 Å². The van der Waals surface area contributed by atoms with Crippen molar-refractivity contribution in [3.63, 3.8) is 0 Å². The highest BCUT2D eigenvalue weighted by atomic mass is 19.1. The van der Waals surface area contributed by atoms with E-state index in [1.165, 1.54) is 6.07 Å². The summed E-state index contributed by atoms with van der Waals surface area (Å²) in [6.45, 7) is 2.91. The predicted molar refractivity (Wildman–Crippen MR) is 86.2 cm³/mol. The molecule has 0 bridgehead atoms. The van der Waals surface area contributed by atoms with Crippen molar-refractivity contribution in [2.45, 2.75) is 0 Å². The summed E-state index contributed by atoms with van der Waals surface area (Å²) in [5, 5.41) is 3.89. The second-order valence-corrected chi connectivity index (χ2v) is 5.40. The average Bonchev–Trinajstić information content (AvgIpc) is 3.13. The first kappa shape index (κ1) is 14.6. The van der Waals surface area contributed by atoms with E-state index in [9.17, 15) is 4.39 Å². The van der Waals surface area contributed by atoms with Gasteiger partial charge in [0.05, 0.1) is 5.56 Å². The minimum absolute atomic E-state index is 0.261. The fourth-order valence-electron chi connectivity index (χ4n) is 2.65. The molecular weight excluding hydrogens is 311 g/mol. The molecule has 0 radical (unpaired) electrons. The van der Waals surface area contributed by atoms with Gasteiger partial charge in [-0.25, -0.2) is 14.4 Å². The van der Waals surface area contributed by atoms with Gasteiger partial charge in [0.15, 0.2) is 0 Å². The number of hydrogen-bond donors (Lipinski definition) is 0. The van der Waals surface area contributed by atoms with Gasteiger partial charge in [0.25, 0.3) is 0 Å². The van der Waals surface area contributed by atoms with E-state index in [1.54, 1.807) is 36.7 Å². The van der Waals surface area contributed by atoms with Crippen LogP contribution in [0.1, 0.15) is 0 Å². The summed E-state index contributed by atoms with van der Waals surface area (Å²) in [7, 11) is 0. The maximum Gasteiger partial charge on any atom is 0.324 e. The number of hydrogen-bond acceptors (Lipinski definition) is 7. The minimum Gasteiger partial charge on any atom is -0.337 e. The van der Waals surface area contributed by atoms with Crippen LogP contribution in [0.25, 0.3) is 11.4 Å². The third kappa shape index (κ3) is 2.78. The van der Waals surface area contributed by atoms with Crippen molar-refractivity contribution in [1.29, 1.82) is 0 Å². The van der Waals surface area contributed by atoms with Gasteiger partial charge in [0, 0.05) is 38.6 Å². The van der Waals surface area contributed by atoms with Crippen molar-refractivity contribution in [3.8, 4) is 11.4 Å². The summed E-state index contributed by atoms with van der Waals surface area (Å²) in [6, 6.07) is 8.58. The Labute approximate surface area is 137 Å². The van der Waals surface area contributed by atoms with Crippen LogP contribution in [0.3, 0.4) is 0 Å². The Morgan fingerprint density at radius 1 is 0.917 bits per heavy atom. The van der Waals surface area contributed by atoms with Crippen molar-refractivity contribution >= 4 is 12.0 Å². The van der Waals surface area contributed by atoms with Crippen molar-refractivity contribution in [2.24, 2.45) is 0 Å². The van der Waals surface area contributed by atoms with Gasteiger partial charge >= 0.3 is 6.01 Å². The number of aromatic nitrogens is 4. The van der Waals surface area contributed by atoms with Crippen molar-refractivity contribution in [3.05, 3.63) is 48.5 Å². The minimum atomic E-state index is -0.365. The summed E-state index contributed by atoms with van der Waals surface area (Å²) in [5.41, 5.74) is 0.337. The SMILES string of the molecule is Fc1ccccc1-c1noc(N2CCN(c3ncccn3)CC2)n1. The zero-order valence-electron chi connectivity index (χ0n) is 12.8. The van der Waals surface area contributed by atoms with Crippen LogP contribution < -0.4 is 9.80 Å². The zero-order valence-corrected chi connectivity index (χ0v) is 12.8. The second kappa shape index (κ2) is 6.23. The highest BCUT2D eigenvalue weighted by Gasteiger charge is 2.23. The van der Waals surface area contributed by atoms with Gasteiger partial charge in [-0.3, -0.25) is 0 Å². The normalized spacial score (nSPS) is 14.9. The first-order valence-corrected chi connectivity index (χ1v) is 7.67. The van der Waals surface area contributed by atoms with Crippen molar-refractivity contribution in [1.82, 2.24) is 20.1 Å². The van der Waals surface area contributed by atoms with Crippen LogP contribution in [0, 0.1) is 5.82 Å². The van der Waals surface area contributed by atoms with Crippen LogP contribution in [0.15, 0.2) is 47.2 Å². The van der Waals surface area contributed by atoms with Gasteiger partial charge in [0.2, 0.25) is 11.8 Å². The van der Waals surface area contributed by atoms with Crippen molar-refractivity contribution < 1.29 is 8.91 Å². The summed E-state index contributed by atoms with van der Waals surface area (Å²) < 4.78 is 19.1. The van der Waals surface area contributed by atoms with Gasteiger partial charge in [-0.1, -0.05) is 17.3 Å². The molecule has 0 atom stereocenters. The highest BCUT2D eigenvalue weighted by molar-refractivity contribution is 5.56. The topological polar surface area (TPSA) is 71.2 Å². The third-order valence-corrected chi connectivity index (χ3v) is 3.92. The smallest absolute Gasteiger partial charge is 0.324 e. The lowest BCUT2D eigenvalue weighted by atomic mass is 10.2. The Hall–Kier alpha value is -3.03. The van der Waals surface area contributed by atoms with Crippen LogP contribution in [0.2, 0.25) is 0 Å². The zero-order chi connectivity index (χ0) is 16.4. The monoisotopic (exact) mass is 326 g/mol. The van der Waals surface area contributed by atoms with Gasteiger partial charge in [0.1, 0.15) is 5.82 Å². The standard InChI is InChI=1S/C16H15FN6O/c17-13-5-2-1-4-12(13)14-20-16(24-21-14)23-10-8-22(9-11-23)15-18-6-3-7-19-15/h1-7H,8-11H2. The van der Waals surface area contributed by atoms with Crippen molar-refractivity contribution in [2.75, 3.05) is 36.0 Å². The van der Waals surface area contributed by atoms with E-state index in [0.29, 0.717) is 24.7 Å². The fraction of sp³-hybridized carbons (Fsp3) is 0.250. The quantitative estimate of drug-likeness (QED) is 0.729. The molecule has 0 amide bonds. The molecule has 24 heavy (non-hydrogen) atoms. The maximum atomic E-state index is 13.8. The van der Waals surface area contributed by atoms with Gasteiger partial charge in [-0.05, 0) is 18.2 Å². The van der Waals surface area contributed by atoms with Crippen LogP contribution in [-0.4, -0.2) is 46.3 Å². The molecule has 1 aliphatic rings. The molecule has 4 rings (SSSR count). The molecule has 0 aliphatic carbocycles.